The minimum Gasteiger partial charge on any atom is -0.464 e. The van der Waals surface area contributed by atoms with Crippen LogP contribution < -0.4 is 4.90 Å². The lowest BCUT2D eigenvalue weighted by atomic mass is 10.3. The number of aromatic nitrogens is 4. The van der Waals surface area contributed by atoms with Gasteiger partial charge in [0, 0.05) is 24.5 Å². The Morgan fingerprint density at radius 3 is 1.77 bits per heavy atom. The maximum Gasteiger partial charge on any atom is 0.356 e. The molecule has 0 N–H and O–H groups in total. The Labute approximate surface area is 181 Å². The zero-order valence-corrected chi connectivity index (χ0v) is 19.0. The molecule has 0 fully saturated rings. The van der Waals surface area contributed by atoms with Gasteiger partial charge in [-0.15, -0.1) is 0 Å². The number of carbonyl (C=O) groups excluding carboxylic acids is 2. The fourth-order valence-electron chi connectivity index (χ4n) is 2.50. The van der Waals surface area contributed by atoms with Crippen molar-refractivity contribution in [2.75, 3.05) is 32.2 Å². The van der Waals surface area contributed by atoms with Crippen LogP contribution in [0.1, 0.15) is 59.1 Å². The van der Waals surface area contributed by atoms with Gasteiger partial charge in [0.2, 0.25) is 11.2 Å². The number of carbonyl (C=O) groups is 2. The molecular formula is C20H28ClN5O4. The Morgan fingerprint density at radius 1 is 0.867 bits per heavy atom. The third kappa shape index (κ3) is 7.90. The van der Waals surface area contributed by atoms with Gasteiger partial charge in [-0.25, -0.2) is 29.5 Å². The molecule has 0 aliphatic heterocycles. The molecule has 10 heteroatoms. The van der Waals surface area contributed by atoms with E-state index < -0.39 is 11.9 Å². The molecule has 2 heterocycles. The van der Waals surface area contributed by atoms with Crippen molar-refractivity contribution in [3.8, 4) is 0 Å². The highest BCUT2D eigenvalue weighted by atomic mass is 35.5. The summed E-state index contributed by atoms with van der Waals surface area (Å²) in [6, 6.07) is 3.16. The predicted molar refractivity (Wildman–Crippen MR) is 114 cm³/mol. The van der Waals surface area contributed by atoms with E-state index in [1.54, 1.807) is 13.0 Å². The van der Waals surface area contributed by atoms with Crippen LogP contribution in [0.15, 0.2) is 12.1 Å². The third-order valence-corrected chi connectivity index (χ3v) is 3.90. The van der Waals surface area contributed by atoms with Crippen molar-refractivity contribution >= 4 is 29.5 Å². The van der Waals surface area contributed by atoms with E-state index >= 15 is 0 Å². The summed E-state index contributed by atoms with van der Waals surface area (Å²) in [6.45, 7) is 9.57. The second-order valence-electron chi connectivity index (χ2n) is 6.33. The third-order valence-electron chi connectivity index (χ3n) is 3.73. The number of hydrogen-bond donors (Lipinski definition) is 0. The lowest BCUT2D eigenvalue weighted by Gasteiger charge is -2.21. The average molecular weight is 438 g/mol. The van der Waals surface area contributed by atoms with Crippen molar-refractivity contribution in [1.29, 1.82) is 0 Å². The molecule has 30 heavy (non-hydrogen) atoms. The van der Waals surface area contributed by atoms with Gasteiger partial charge in [0.15, 0.2) is 11.4 Å². The van der Waals surface area contributed by atoms with E-state index in [9.17, 15) is 9.59 Å². The van der Waals surface area contributed by atoms with Crippen LogP contribution in [0, 0.1) is 13.8 Å². The van der Waals surface area contributed by atoms with Crippen molar-refractivity contribution in [3.05, 3.63) is 40.2 Å². The Bertz CT molecular complexity index is 837. The zero-order chi connectivity index (χ0) is 22.7. The molecule has 2 aromatic heterocycles. The van der Waals surface area contributed by atoms with Gasteiger partial charge in [-0.2, -0.15) is 0 Å². The fourth-order valence-corrected chi connectivity index (χ4v) is 2.72. The molecule has 0 saturated heterocycles. The smallest absolute Gasteiger partial charge is 0.356 e. The first-order chi connectivity index (χ1) is 14.2. The summed E-state index contributed by atoms with van der Waals surface area (Å²) in [5.41, 5.74) is 1.90. The molecular weight excluding hydrogens is 410 g/mol. The van der Waals surface area contributed by atoms with Crippen LogP contribution in [0.2, 0.25) is 5.28 Å². The SMILES string of the molecule is CCCN(CCC)c1nc(C)cc(C(=O)OC)n1.COC(=O)c1cc(C)nc(Cl)n1. The quantitative estimate of drug-likeness (QED) is 0.475. The first-order valence-corrected chi connectivity index (χ1v) is 9.91. The number of hydrogen-bond acceptors (Lipinski definition) is 9. The largest absolute Gasteiger partial charge is 0.464 e. The monoisotopic (exact) mass is 437 g/mol. The Kier molecular flexibility index (Phi) is 10.7. The molecule has 0 amide bonds. The van der Waals surface area contributed by atoms with Gasteiger partial charge in [-0.05, 0) is 50.4 Å². The van der Waals surface area contributed by atoms with E-state index in [-0.39, 0.29) is 11.0 Å². The maximum absolute atomic E-state index is 11.5. The number of nitrogens with zero attached hydrogens (tertiary/aromatic N) is 5. The highest BCUT2D eigenvalue weighted by Gasteiger charge is 2.14. The number of rotatable bonds is 7. The predicted octanol–water partition coefficient (Wildman–Crippen LogP) is 3.42. The summed E-state index contributed by atoms with van der Waals surface area (Å²) in [7, 11) is 2.64. The van der Waals surface area contributed by atoms with Gasteiger partial charge in [0.05, 0.1) is 14.2 Å². The standard InChI is InChI=1S/C13H21N3O2.C7H7ClN2O2/c1-5-7-16(8-6-2)13-14-10(3)9-11(15-13)12(17)18-4;1-4-3-5(6(11)12-2)10-7(8)9-4/h9H,5-8H2,1-4H3;3H,1-2H3. The number of anilines is 1. The molecule has 0 unspecified atom stereocenters. The minimum absolute atomic E-state index is 0.0513. The van der Waals surface area contributed by atoms with Crippen LogP contribution in [0.25, 0.3) is 0 Å². The van der Waals surface area contributed by atoms with E-state index in [0.29, 0.717) is 17.3 Å². The molecule has 0 saturated carbocycles. The maximum atomic E-state index is 11.5. The second-order valence-corrected chi connectivity index (χ2v) is 6.67. The van der Waals surface area contributed by atoms with Crippen molar-refractivity contribution in [3.63, 3.8) is 0 Å². The topological polar surface area (TPSA) is 107 Å². The summed E-state index contributed by atoms with van der Waals surface area (Å²) < 4.78 is 9.16. The molecule has 9 nitrogen and oxygen atoms in total. The van der Waals surface area contributed by atoms with Crippen molar-refractivity contribution in [2.24, 2.45) is 0 Å². The van der Waals surface area contributed by atoms with Crippen LogP contribution in [0.5, 0.6) is 0 Å². The van der Waals surface area contributed by atoms with E-state index in [1.807, 2.05) is 6.92 Å². The van der Waals surface area contributed by atoms with Gasteiger partial charge in [0.25, 0.3) is 0 Å². The van der Waals surface area contributed by atoms with Crippen LogP contribution in [-0.4, -0.2) is 59.2 Å². The van der Waals surface area contributed by atoms with E-state index in [0.717, 1.165) is 31.6 Å². The number of methoxy groups -OCH3 is 2. The Balaban J connectivity index is 0.000000325. The van der Waals surface area contributed by atoms with E-state index in [2.05, 4.69) is 43.4 Å². The minimum atomic E-state index is -0.512. The molecule has 0 radical (unpaired) electrons. The molecule has 2 rings (SSSR count). The number of ether oxygens (including phenoxy) is 2. The van der Waals surface area contributed by atoms with Crippen molar-refractivity contribution in [2.45, 2.75) is 40.5 Å². The van der Waals surface area contributed by atoms with E-state index in [4.69, 9.17) is 16.3 Å². The first kappa shape index (κ1) is 25.2. The van der Waals surface area contributed by atoms with Crippen LogP contribution in [0.3, 0.4) is 0 Å². The van der Waals surface area contributed by atoms with Crippen LogP contribution in [-0.2, 0) is 9.47 Å². The summed E-state index contributed by atoms with van der Waals surface area (Å²) in [5, 5.41) is 0.0513. The molecule has 0 aliphatic rings. The van der Waals surface area contributed by atoms with Gasteiger partial charge >= 0.3 is 11.9 Å². The fraction of sp³-hybridized carbons (Fsp3) is 0.500. The first-order valence-electron chi connectivity index (χ1n) is 9.54. The van der Waals surface area contributed by atoms with Crippen molar-refractivity contribution < 1.29 is 19.1 Å². The molecule has 0 spiro atoms. The van der Waals surface area contributed by atoms with Gasteiger partial charge in [0.1, 0.15) is 0 Å². The molecule has 2 aromatic rings. The molecule has 0 aromatic carbocycles. The summed E-state index contributed by atoms with van der Waals surface area (Å²) in [4.78, 5) is 40.7. The lowest BCUT2D eigenvalue weighted by molar-refractivity contribution is 0.0585. The highest BCUT2D eigenvalue weighted by Crippen LogP contribution is 2.12. The molecule has 0 aliphatic carbocycles. The van der Waals surface area contributed by atoms with Crippen molar-refractivity contribution in [1.82, 2.24) is 19.9 Å². The Hall–Kier alpha value is -2.81. The van der Waals surface area contributed by atoms with Gasteiger partial charge in [-0.3, -0.25) is 0 Å². The highest BCUT2D eigenvalue weighted by molar-refractivity contribution is 6.28. The summed E-state index contributed by atoms with van der Waals surface area (Å²) in [5.74, 6) is -0.323. The Morgan fingerprint density at radius 2 is 1.33 bits per heavy atom. The number of aryl methyl sites for hydroxylation is 2. The van der Waals surface area contributed by atoms with Crippen LogP contribution in [0.4, 0.5) is 5.95 Å². The average Bonchev–Trinajstić information content (AvgIpc) is 2.71. The lowest BCUT2D eigenvalue weighted by Crippen LogP contribution is -2.27. The second kappa shape index (κ2) is 12.7. The molecule has 0 bridgehead atoms. The molecule has 164 valence electrons. The normalized spacial score (nSPS) is 9.97. The zero-order valence-electron chi connectivity index (χ0n) is 18.2. The number of esters is 2. The van der Waals surface area contributed by atoms with E-state index in [1.165, 1.54) is 20.3 Å². The summed E-state index contributed by atoms with van der Waals surface area (Å²) >= 11 is 5.52. The summed E-state index contributed by atoms with van der Waals surface area (Å²) in [6.07, 6.45) is 2.04. The molecule has 0 atom stereocenters. The van der Waals surface area contributed by atoms with Crippen LogP contribution >= 0.6 is 11.6 Å². The van der Waals surface area contributed by atoms with Gasteiger partial charge in [-0.1, -0.05) is 13.8 Å². The van der Waals surface area contributed by atoms with Gasteiger partial charge < -0.3 is 14.4 Å². The number of halogens is 1.